The first-order valence-electron chi connectivity index (χ1n) is 5.35. The van der Waals surface area contributed by atoms with Gasteiger partial charge in [0.15, 0.2) is 0 Å². The summed E-state index contributed by atoms with van der Waals surface area (Å²) in [5.74, 6) is -1.68. The second-order valence-corrected chi connectivity index (χ2v) is 4.36. The van der Waals surface area contributed by atoms with Crippen molar-refractivity contribution in [2.24, 2.45) is 23.1 Å². The summed E-state index contributed by atoms with van der Waals surface area (Å²) in [5.41, 5.74) is 15.6. The van der Waals surface area contributed by atoms with Crippen LogP contribution in [0.5, 0.6) is 0 Å². The fraction of sp³-hybridized carbons (Fsp3) is 0.700. The SMILES string of the molecule is CC(C)C[C@@H](N)C(=O)N(CC(N)=O)CC(N)=O. The minimum atomic E-state index is -0.756. The molecule has 3 amide bonds. The van der Waals surface area contributed by atoms with Crippen molar-refractivity contribution in [1.82, 2.24) is 4.90 Å². The molecule has 0 aromatic heterocycles. The molecule has 0 aliphatic heterocycles. The summed E-state index contributed by atoms with van der Waals surface area (Å²) in [4.78, 5) is 34.4. The number of amides is 3. The summed E-state index contributed by atoms with van der Waals surface area (Å²) in [6, 6.07) is -0.756. The molecule has 0 saturated carbocycles. The van der Waals surface area contributed by atoms with E-state index in [1.807, 2.05) is 13.8 Å². The first-order chi connectivity index (χ1) is 7.73. The Balaban J connectivity index is 4.61. The van der Waals surface area contributed by atoms with Crippen molar-refractivity contribution < 1.29 is 14.4 Å². The number of carbonyl (C=O) groups is 3. The zero-order valence-corrected chi connectivity index (χ0v) is 10.2. The maximum absolute atomic E-state index is 11.8. The Bertz CT molecular complexity index is 288. The minimum Gasteiger partial charge on any atom is -0.368 e. The zero-order chi connectivity index (χ0) is 13.6. The highest BCUT2D eigenvalue weighted by Gasteiger charge is 2.24. The molecular weight excluding hydrogens is 224 g/mol. The molecule has 0 radical (unpaired) electrons. The van der Waals surface area contributed by atoms with E-state index >= 15 is 0 Å². The molecule has 0 saturated heterocycles. The summed E-state index contributed by atoms with van der Waals surface area (Å²) < 4.78 is 0. The molecule has 0 rings (SSSR count). The van der Waals surface area contributed by atoms with Gasteiger partial charge in [-0.3, -0.25) is 14.4 Å². The molecule has 0 bridgehead atoms. The highest BCUT2D eigenvalue weighted by molar-refractivity contribution is 5.90. The van der Waals surface area contributed by atoms with Crippen LogP contribution in [0.3, 0.4) is 0 Å². The molecule has 0 aromatic rings. The van der Waals surface area contributed by atoms with Crippen LogP contribution in [0.25, 0.3) is 0 Å². The summed E-state index contributed by atoms with van der Waals surface area (Å²) in [6.45, 7) is 3.13. The van der Waals surface area contributed by atoms with Gasteiger partial charge in [-0.1, -0.05) is 13.8 Å². The van der Waals surface area contributed by atoms with E-state index < -0.39 is 23.8 Å². The highest BCUT2D eigenvalue weighted by Crippen LogP contribution is 2.05. The minimum absolute atomic E-state index is 0.234. The number of rotatable bonds is 7. The van der Waals surface area contributed by atoms with Crippen LogP contribution in [0.15, 0.2) is 0 Å². The molecule has 0 aliphatic carbocycles. The molecule has 0 aromatic carbocycles. The Morgan fingerprint density at radius 2 is 1.47 bits per heavy atom. The second kappa shape index (κ2) is 6.85. The lowest BCUT2D eigenvalue weighted by Gasteiger charge is -2.23. The third-order valence-electron chi connectivity index (χ3n) is 2.05. The quantitative estimate of drug-likeness (QED) is 0.485. The third-order valence-corrected chi connectivity index (χ3v) is 2.05. The molecular formula is C10H20N4O3. The van der Waals surface area contributed by atoms with Crippen LogP contribution >= 0.6 is 0 Å². The molecule has 98 valence electrons. The van der Waals surface area contributed by atoms with Crippen molar-refractivity contribution >= 4 is 17.7 Å². The van der Waals surface area contributed by atoms with E-state index in [0.29, 0.717) is 6.42 Å². The van der Waals surface area contributed by atoms with Gasteiger partial charge in [-0.15, -0.1) is 0 Å². The highest BCUT2D eigenvalue weighted by atomic mass is 16.2. The van der Waals surface area contributed by atoms with Crippen LogP contribution in [0.2, 0.25) is 0 Å². The topological polar surface area (TPSA) is 133 Å². The zero-order valence-electron chi connectivity index (χ0n) is 10.2. The number of nitrogens with two attached hydrogens (primary N) is 3. The molecule has 7 nitrogen and oxygen atoms in total. The first-order valence-corrected chi connectivity index (χ1v) is 5.35. The normalized spacial score (nSPS) is 12.2. The van der Waals surface area contributed by atoms with Crippen molar-refractivity contribution in [1.29, 1.82) is 0 Å². The van der Waals surface area contributed by atoms with E-state index in [2.05, 4.69) is 0 Å². The Morgan fingerprint density at radius 1 is 1.06 bits per heavy atom. The lowest BCUT2D eigenvalue weighted by molar-refractivity contribution is -0.139. The molecule has 1 atom stereocenters. The maximum Gasteiger partial charge on any atom is 0.240 e. The predicted octanol–water partition coefficient (Wildman–Crippen LogP) is -1.84. The van der Waals surface area contributed by atoms with Gasteiger partial charge in [-0.2, -0.15) is 0 Å². The summed E-state index contributed by atoms with van der Waals surface area (Å²) in [6.07, 6.45) is 0.465. The predicted molar refractivity (Wildman–Crippen MR) is 62.4 cm³/mol. The van der Waals surface area contributed by atoms with Crippen molar-refractivity contribution in [2.45, 2.75) is 26.3 Å². The third kappa shape index (κ3) is 6.52. The summed E-state index contributed by atoms with van der Waals surface area (Å²) >= 11 is 0. The Morgan fingerprint density at radius 3 is 1.76 bits per heavy atom. The van der Waals surface area contributed by atoms with Gasteiger partial charge in [0.25, 0.3) is 0 Å². The maximum atomic E-state index is 11.8. The van der Waals surface area contributed by atoms with E-state index in [-0.39, 0.29) is 19.0 Å². The number of hydrogen-bond acceptors (Lipinski definition) is 4. The van der Waals surface area contributed by atoms with Gasteiger partial charge < -0.3 is 22.1 Å². The second-order valence-electron chi connectivity index (χ2n) is 4.36. The van der Waals surface area contributed by atoms with E-state index in [9.17, 15) is 14.4 Å². The van der Waals surface area contributed by atoms with Crippen LogP contribution in [0, 0.1) is 5.92 Å². The standard InChI is InChI=1S/C10H20N4O3/c1-6(2)3-7(11)10(17)14(4-8(12)15)5-9(13)16/h6-7H,3-5,11H2,1-2H3,(H2,12,15)(H2,13,16)/t7-/m1/s1. The molecule has 0 spiro atoms. The average Bonchev–Trinajstić information content (AvgIpc) is 2.12. The Labute approximate surface area is 100 Å². The van der Waals surface area contributed by atoms with E-state index in [0.717, 1.165) is 4.90 Å². The van der Waals surface area contributed by atoms with Crippen LogP contribution in [-0.4, -0.2) is 41.8 Å². The summed E-state index contributed by atoms with van der Waals surface area (Å²) in [5, 5.41) is 0. The molecule has 0 fully saturated rings. The summed E-state index contributed by atoms with van der Waals surface area (Å²) in [7, 11) is 0. The van der Waals surface area contributed by atoms with Gasteiger partial charge in [0.2, 0.25) is 17.7 Å². The van der Waals surface area contributed by atoms with Gasteiger partial charge in [0.1, 0.15) is 0 Å². The van der Waals surface area contributed by atoms with Crippen molar-refractivity contribution in [3.8, 4) is 0 Å². The molecule has 6 N–H and O–H groups in total. The van der Waals surface area contributed by atoms with Crippen molar-refractivity contribution in [2.75, 3.05) is 13.1 Å². The van der Waals surface area contributed by atoms with Gasteiger partial charge in [0.05, 0.1) is 19.1 Å². The monoisotopic (exact) mass is 244 g/mol. The average molecular weight is 244 g/mol. The molecule has 0 unspecified atom stereocenters. The number of carbonyl (C=O) groups excluding carboxylic acids is 3. The van der Waals surface area contributed by atoms with Gasteiger partial charge >= 0.3 is 0 Å². The fourth-order valence-electron chi connectivity index (χ4n) is 1.43. The lowest BCUT2D eigenvalue weighted by atomic mass is 10.0. The molecule has 17 heavy (non-hydrogen) atoms. The van der Waals surface area contributed by atoms with Crippen LogP contribution in [0.4, 0.5) is 0 Å². The van der Waals surface area contributed by atoms with Gasteiger partial charge in [-0.25, -0.2) is 0 Å². The lowest BCUT2D eigenvalue weighted by Crippen LogP contribution is -2.50. The van der Waals surface area contributed by atoms with Gasteiger partial charge in [0, 0.05) is 0 Å². The Hall–Kier alpha value is -1.63. The largest absolute Gasteiger partial charge is 0.368 e. The van der Waals surface area contributed by atoms with Crippen molar-refractivity contribution in [3.05, 3.63) is 0 Å². The fourth-order valence-corrected chi connectivity index (χ4v) is 1.43. The van der Waals surface area contributed by atoms with E-state index in [1.165, 1.54) is 0 Å². The number of primary amides is 2. The van der Waals surface area contributed by atoms with E-state index in [4.69, 9.17) is 17.2 Å². The first kappa shape index (κ1) is 15.4. The number of hydrogen-bond donors (Lipinski definition) is 3. The molecule has 0 heterocycles. The smallest absolute Gasteiger partial charge is 0.240 e. The van der Waals surface area contributed by atoms with Gasteiger partial charge in [-0.05, 0) is 12.3 Å². The van der Waals surface area contributed by atoms with Crippen molar-refractivity contribution in [3.63, 3.8) is 0 Å². The molecule has 0 aliphatic rings. The molecule has 7 heteroatoms. The Kier molecular flexibility index (Phi) is 6.19. The van der Waals surface area contributed by atoms with Crippen LogP contribution in [-0.2, 0) is 14.4 Å². The van der Waals surface area contributed by atoms with E-state index in [1.54, 1.807) is 0 Å². The van der Waals surface area contributed by atoms with Crippen LogP contribution < -0.4 is 17.2 Å². The van der Waals surface area contributed by atoms with Crippen LogP contribution in [0.1, 0.15) is 20.3 Å². The number of nitrogens with zero attached hydrogens (tertiary/aromatic N) is 1.